The summed E-state index contributed by atoms with van der Waals surface area (Å²) >= 11 is 1.52. The monoisotopic (exact) mass is 306 g/mol. The van der Waals surface area contributed by atoms with E-state index in [0.717, 1.165) is 22.7 Å². The summed E-state index contributed by atoms with van der Waals surface area (Å²) in [4.78, 5) is 2.23. The summed E-state index contributed by atoms with van der Waals surface area (Å²) in [5.74, 6) is 0. The van der Waals surface area contributed by atoms with Gasteiger partial charge in [-0.15, -0.1) is 11.3 Å². The Morgan fingerprint density at radius 2 is 2.11 bits per heavy atom. The molecule has 19 heavy (non-hydrogen) atoms. The number of rotatable bonds is 9. The van der Waals surface area contributed by atoms with Crippen LogP contribution in [0.5, 0.6) is 0 Å². The van der Waals surface area contributed by atoms with Crippen LogP contribution in [0.2, 0.25) is 0 Å². The van der Waals surface area contributed by atoms with Crippen molar-refractivity contribution in [1.82, 2.24) is 10.0 Å². The number of thiophene rings is 1. The van der Waals surface area contributed by atoms with Gasteiger partial charge in [-0.2, -0.15) is 0 Å². The van der Waals surface area contributed by atoms with Gasteiger partial charge in [-0.05, 0) is 26.0 Å². The number of hydrogen-bond acceptors (Lipinski definition) is 5. The summed E-state index contributed by atoms with van der Waals surface area (Å²) < 4.78 is 31.6. The number of methoxy groups -OCH3 is 1. The summed E-state index contributed by atoms with van der Waals surface area (Å²) in [6.07, 6.45) is 1.06. The quantitative estimate of drug-likeness (QED) is 0.678. The van der Waals surface area contributed by atoms with Crippen molar-refractivity contribution in [2.75, 3.05) is 26.8 Å². The predicted octanol–water partition coefficient (Wildman–Crippen LogP) is 1.48. The molecule has 0 aromatic carbocycles. The highest BCUT2D eigenvalue weighted by Crippen LogP contribution is 2.25. The van der Waals surface area contributed by atoms with Crippen LogP contribution in [-0.4, -0.2) is 35.2 Å². The predicted molar refractivity (Wildman–Crippen MR) is 78.1 cm³/mol. The SMILES string of the molecule is CCCNCc1cc(S(=O)(=O)NCCOC)c(C)s1. The summed E-state index contributed by atoms with van der Waals surface area (Å²) in [6, 6.07) is 1.75. The lowest BCUT2D eigenvalue weighted by atomic mass is 10.4. The first-order valence-corrected chi connectivity index (χ1v) is 8.60. The van der Waals surface area contributed by atoms with E-state index in [0.29, 0.717) is 18.0 Å². The molecule has 0 aliphatic rings. The van der Waals surface area contributed by atoms with Gasteiger partial charge in [-0.3, -0.25) is 0 Å². The molecule has 0 radical (unpaired) electrons. The van der Waals surface area contributed by atoms with E-state index in [1.165, 1.54) is 11.3 Å². The van der Waals surface area contributed by atoms with E-state index in [-0.39, 0.29) is 6.54 Å². The zero-order valence-electron chi connectivity index (χ0n) is 11.7. The van der Waals surface area contributed by atoms with Crippen LogP contribution < -0.4 is 10.0 Å². The minimum atomic E-state index is -3.42. The Morgan fingerprint density at radius 3 is 2.74 bits per heavy atom. The lowest BCUT2D eigenvalue weighted by Crippen LogP contribution is -2.27. The summed E-state index contributed by atoms with van der Waals surface area (Å²) in [6.45, 7) is 6.24. The van der Waals surface area contributed by atoms with E-state index in [2.05, 4.69) is 17.0 Å². The molecule has 7 heteroatoms. The van der Waals surface area contributed by atoms with Gasteiger partial charge in [0.2, 0.25) is 10.0 Å². The first-order chi connectivity index (χ1) is 9.01. The molecule has 1 aromatic rings. The highest BCUT2D eigenvalue weighted by Gasteiger charge is 2.19. The summed E-state index contributed by atoms with van der Waals surface area (Å²) in [5.41, 5.74) is 0. The fourth-order valence-corrected chi connectivity index (χ4v) is 4.24. The molecule has 2 N–H and O–H groups in total. The van der Waals surface area contributed by atoms with Crippen LogP contribution in [0.3, 0.4) is 0 Å². The van der Waals surface area contributed by atoms with Crippen LogP contribution in [0.4, 0.5) is 0 Å². The number of aryl methyl sites for hydroxylation is 1. The van der Waals surface area contributed by atoms with Crippen LogP contribution in [-0.2, 0) is 21.3 Å². The van der Waals surface area contributed by atoms with Crippen molar-refractivity contribution >= 4 is 21.4 Å². The van der Waals surface area contributed by atoms with Crippen LogP contribution in [0.25, 0.3) is 0 Å². The zero-order chi connectivity index (χ0) is 14.3. The van der Waals surface area contributed by atoms with E-state index < -0.39 is 10.0 Å². The molecule has 0 unspecified atom stereocenters. The van der Waals surface area contributed by atoms with Gasteiger partial charge in [0.15, 0.2) is 0 Å². The Bertz CT molecular complexity index is 483. The summed E-state index contributed by atoms with van der Waals surface area (Å²) in [5, 5.41) is 3.27. The first kappa shape index (κ1) is 16.6. The number of sulfonamides is 1. The average molecular weight is 306 g/mol. The first-order valence-electron chi connectivity index (χ1n) is 6.30. The fourth-order valence-electron chi connectivity index (χ4n) is 1.62. The van der Waals surface area contributed by atoms with E-state index in [1.807, 2.05) is 6.92 Å². The fraction of sp³-hybridized carbons (Fsp3) is 0.667. The van der Waals surface area contributed by atoms with Gasteiger partial charge in [-0.25, -0.2) is 13.1 Å². The third kappa shape index (κ3) is 5.19. The maximum atomic E-state index is 12.1. The number of hydrogen-bond donors (Lipinski definition) is 2. The van der Waals surface area contributed by atoms with Crippen molar-refractivity contribution in [2.24, 2.45) is 0 Å². The Labute approximate surface area is 119 Å². The van der Waals surface area contributed by atoms with Gasteiger partial charge in [0.25, 0.3) is 0 Å². The average Bonchev–Trinajstić information content (AvgIpc) is 2.72. The smallest absolute Gasteiger partial charge is 0.241 e. The Kier molecular flexibility index (Phi) is 6.95. The molecular formula is C12H22N2O3S2. The van der Waals surface area contributed by atoms with Crippen molar-refractivity contribution in [3.05, 3.63) is 15.8 Å². The summed E-state index contributed by atoms with van der Waals surface area (Å²) in [7, 11) is -1.88. The largest absolute Gasteiger partial charge is 0.383 e. The molecule has 0 saturated carbocycles. The Hall–Kier alpha value is -0.470. The molecule has 1 heterocycles. The van der Waals surface area contributed by atoms with Gasteiger partial charge < -0.3 is 10.1 Å². The lowest BCUT2D eigenvalue weighted by molar-refractivity contribution is 0.204. The normalized spacial score (nSPS) is 11.9. The van der Waals surface area contributed by atoms with E-state index in [4.69, 9.17) is 4.74 Å². The molecular weight excluding hydrogens is 284 g/mol. The maximum Gasteiger partial charge on any atom is 0.241 e. The molecule has 1 aromatic heterocycles. The van der Waals surface area contributed by atoms with Gasteiger partial charge in [0.1, 0.15) is 0 Å². The van der Waals surface area contributed by atoms with Crippen LogP contribution in [0.1, 0.15) is 23.1 Å². The molecule has 0 aliphatic carbocycles. The second kappa shape index (κ2) is 7.96. The second-order valence-corrected chi connectivity index (χ2v) is 7.28. The highest BCUT2D eigenvalue weighted by atomic mass is 32.2. The van der Waals surface area contributed by atoms with E-state index in [1.54, 1.807) is 13.2 Å². The number of nitrogens with one attached hydrogen (secondary N) is 2. The van der Waals surface area contributed by atoms with Crippen molar-refractivity contribution in [1.29, 1.82) is 0 Å². The van der Waals surface area contributed by atoms with Crippen LogP contribution >= 0.6 is 11.3 Å². The minimum absolute atomic E-state index is 0.289. The van der Waals surface area contributed by atoms with Crippen molar-refractivity contribution in [2.45, 2.75) is 31.7 Å². The van der Waals surface area contributed by atoms with Crippen molar-refractivity contribution in [3.8, 4) is 0 Å². The molecule has 0 amide bonds. The highest BCUT2D eigenvalue weighted by molar-refractivity contribution is 7.89. The standard InChI is InChI=1S/C12H22N2O3S2/c1-4-5-13-9-11-8-12(10(2)18-11)19(15,16)14-6-7-17-3/h8,13-14H,4-7,9H2,1-3H3. The van der Waals surface area contributed by atoms with E-state index in [9.17, 15) is 8.42 Å². The molecule has 0 aliphatic heterocycles. The van der Waals surface area contributed by atoms with Crippen molar-refractivity contribution in [3.63, 3.8) is 0 Å². The van der Waals surface area contributed by atoms with Crippen molar-refractivity contribution < 1.29 is 13.2 Å². The molecule has 0 saturated heterocycles. The van der Waals surface area contributed by atoms with Crippen LogP contribution in [0.15, 0.2) is 11.0 Å². The van der Waals surface area contributed by atoms with Crippen LogP contribution in [0, 0.1) is 6.92 Å². The Morgan fingerprint density at radius 1 is 1.37 bits per heavy atom. The molecule has 0 fully saturated rings. The molecule has 0 atom stereocenters. The van der Waals surface area contributed by atoms with Gasteiger partial charge in [0, 0.05) is 30.0 Å². The van der Waals surface area contributed by atoms with E-state index >= 15 is 0 Å². The van der Waals surface area contributed by atoms with Gasteiger partial charge >= 0.3 is 0 Å². The third-order valence-electron chi connectivity index (χ3n) is 2.54. The minimum Gasteiger partial charge on any atom is -0.383 e. The second-order valence-electron chi connectivity index (χ2n) is 4.20. The maximum absolute atomic E-state index is 12.1. The lowest BCUT2D eigenvalue weighted by Gasteiger charge is -2.05. The molecule has 1 rings (SSSR count). The number of ether oxygens (including phenoxy) is 1. The zero-order valence-corrected chi connectivity index (χ0v) is 13.3. The molecule has 5 nitrogen and oxygen atoms in total. The third-order valence-corrected chi connectivity index (χ3v) is 5.30. The van der Waals surface area contributed by atoms with Gasteiger partial charge in [-0.1, -0.05) is 6.92 Å². The molecule has 0 spiro atoms. The topological polar surface area (TPSA) is 67.4 Å². The molecule has 110 valence electrons. The Balaban J connectivity index is 2.71. The van der Waals surface area contributed by atoms with Gasteiger partial charge in [0.05, 0.1) is 11.5 Å². The molecule has 0 bridgehead atoms.